The van der Waals surface area contributed by atoms with Crippen LogP contribution < -0.4 is 4.74 Å². The maximum atomic E-state index is 12.8. The number of aryl methyl sites for hydroxylation is 1. The van der Waals surface area contributed by atoms with Crippen LogP contribution in [0.1, 0.15) is 96.1 Å². The number of carbonyl (C=O) groups is 1. The van der Waals surface area contributed by atoms with Gasteiger partial charge < -0.3 is 14.0 Å². The molecule has 0 saturated heterocycles. The fourth-order valence-corrected chi connectivity index (χ4v) is 4.92. The monoisotopic (exact) mass is 510 g/mol. The molecule has 0 fully saturated rings. The average Bonchev–Trinajstić information content (AvgIpc) is 2.88. The number of rotatable bonds is 19. The summed E-state index contributed by atoms with van der Waals surface area (Å²) >= 11 is 0. The Morgan fingerprint density at radius 3 is 1.97 bits per heavy atom. The first-order valence-corrected chi connectivity index (χ1v) is 14.6. The van der Waals surface area contributed by atoms with E-state index in [4.69, 9.17) is 9.47 Å². The minimum atomic E-state index is -0.567. The molecule has 4 nitrogen and oxygen atoms in total. The van der Waals surface area contributed by atoms with Crippen molar-refractivity contribution >= 4 is 5.97 Å². The van der Waals surface area contributed by atoms with Gasteiger partial charge >= 0.3 is 5.97 Å². The van der Waals surface area contributed by atoms with E-state index in [1.54, 1.807) is 0 Å². The summed E-state index contributed by atoms with van der Waals surface area (Å²) in [5.74, 6) is 0.339. The number of carbonyl (C=O) groups excluding carboxylic acids is 1. The first-order chi connectivity index (χ1) is 17.8. The molecule has 2 atom stereocenters. The second-order valence-corrected chi connectivity index (χ2v) is 11.3. The number of esters is 1. The van der Waals surface area contributed by atoms with E-state index in [1.807, 2.05) is 32.0 Å². The number of hydrogen-bond donors (Lipinski definition) is 0. The third kappa shape index (κ3) is 13.2. The normalized spacial score (nSPS) is 13.2. The van der Waals surface area contributed by atoms with E-state index < -0.39 is 6.29 Å². The zero-order valence-electron chi connectivity index (χ0n) is 24.2. The molecule has 2 aromatic rings. The predicted molar refractivity (Wildman–Crippen MR) is 154 cm³/mol. The summed E-state index contributed by atoms with van der Waals surface area (Å²) in [7, 11) is 4.31. The molecule has 206 valence electrons. The Kier molecular flexibility index (Phi) is 14.4. The highest BCUT2D eigenvalue weighted by Crippen LogP contribution is 2.19. The maximum absolute atomic E-state index is 12.8. The number of nitrogens with zero attached hydrogens (tertiary/aromatic N) is 1. The van der Waals surface area contributed by atoms with Crippen molar-refractivity contribution in [2.24, 2.45) is 5.92 Å². The molecule has 4 heteroatoms. The van der Waals surface area contributed by atoms with Gasteiger partial charge in [-0.1, -0.05) is 108 Å². The molecular weight excluding hydrogens is 458 g/mol. The Bertz CT molecular complexity index is 863. The van der Waals surface area contributed by atoms with Gasteiger partial charge in [-0.2, -0.15) is 0 Å². The van der Waals surface area contributed by atoms with Crippen molar-refractivity contribution in [1.82, 2.24) is 0 Å². The van der Waals surface area contributed by atoms with E-state index in [9.17, 15) is 4.79 Å². The fraction of sp³-hybridized carbons (Fsp3) is 0.606. The quantitative estimate of drug-likeness (QED) is 0.0824. The van der Waals surface area contributed by atoms with Crippen LogP contribution in [0.25, 0.3) is 0 Å². The van der Waals surface area contributed by atoms with Gasteiger partial charge in [0.25, 0.3) is 0 Å². The fourth-order valence-electron chi connectivity index (χ4n) is 4.92. The highest BCUT2D eigenvalue weighted by atomic mass is 16.7. The minimum Gasteiger partial charge on any atom is -0.455 e. The van der Waals surface area contributed by atoms with E-state index in [0.717, 1.165) is 23.2 Å². The van der Waals surface area contributed by atoms with E-state index in [2.05, 4.69) is 57.4 Å². The lowest BCUT2D eigenvalue weighted by Gasteiger charge is -2.32. The summed E-state index contributed by atoms with van der Waals surface area (Å²) in [6, 6.07) is 18.7. The van der Waals surface area contributed by atoms with Crippen LogP contribution in [-0.4, -0.2) is 37.4 Å². The Morgan fingerprint density at radius 2 is 1.38 bits per heavy atom. The molecule has 0 saturated carbocycles. The van der Waals surface area contributed by atoms with Crippen LogP contribution in [0.3, 0.4) is 0 Å². The second-order valence-electron chi connectivity index (χ2n) is 11.3. The lowest BCUT2D eigenvalue weighted by molar-refractivity contribution is -0.905. The number of quaternary nitrogens is 1. The highest BCUT2D eigenvalue weighted by molar-refractivity contribution is 5.72. The van der Waals surface area contributed by atoms with Crippen molar-refractivity contribution in [3.05, 3.63) is 65.7 Å². The molecule has 0 heterocycles. The molecule has 0 N–H and O–H groups in total. The molecule has 0 aliphatic heterocycles. The lowest BCUT2D eigenvalue weighted by atomic mass is 10.0. The summed E-state index contributed by atoms with van der Waals surface area (Å²) in [6.07, 6.45) is 13.3. The van der Waals surface area contributed by atoms with Crippen molar-refractivity contribution in [3.8, 4) is 5.75 Å². The highest BCUT2D eigenvalue weighted by Gasteiger charge is 2.27. The van der Waals surface area contributed by atoms with Gasteiger partial charge in [-0.3, -0.25) is 4.79 Å². The van der Waals surface area contributed by atoms with Gasteiger partial charge in [-0.15, -0.1) is 0 Å². The summed E-state index contributed by atoms with van der Waals surface area (Å²) < 4.78 is 12.5. The number of hydrogen-bond acceptors (Lipinski definition) is 3. The molecule has 0 aliphatic rings. The maximum Gasteiger partial charge on any atom is 0.317 e. The topological polar surface area (TPSA) is 35.5 Å². The van der Waals surface area contributed by atoms with Crippen LogP contribution in [0.15, 0.2) is 54.6 Å². The number of unbranched alkanes of at least 4 members (excludes halogenated alkanes) is 8. The van der Waals surface area contributed by atoms with E-state index in [-0.39, 0.29) is 11.9 Å². The van der Waals surface area contributed by atoms with E-state index in [1.165, 1.54) is 68.9 Å². The molecular formula is C33H52NO3+. The molecule has 0 amide bonds. The van der Waals surface area contributed by atoms with Crippen LogP contribution in [0.2, 0.25) is 0 Å². The van der Waals surface area contributed by atoms with Crippen molar-refractivity contribution in [2.75, 3.05) is 20.6 Å². The summed E-state index contributed by atoms with van der Waals surface area (Å²) in [6.45, 7) is 7.78. The van der Waals surface area contributed by atoms with Crippen LogP contribution >= 0.6 is 0 Å². The van der Waals surface area contributed by atoms with Crippen molar-refractivity contribution in [2.45, 2.75) is 104 Å². The third-order valence-electron chi connectivity index (χ3n) is 6.96. The van der Waals surface area contributed by atoms with Crippen LogP contribution in [0.5, 0.6) is 5.75 Å². The van der Waals surface area contributed by atoms with Gasteiger partial charge in [0.2, 0.25) is 6.29 Å². The summed E-state index contributed by atoms with van der Waals surface area (Å²) in [4.78, 5) is 12.8. The molecule has 2 aromatic carbocycles. The molecule has 2 unspecified atom stereocenters. The van der Waals surface area contributed by atoms with E-state index >= 15 is 0 Å². The minimum absolute atomic E-state index is 0.201. The Morgan fingerprint density at radius 1 is 0.784 bits per heavy atom. The van der Waals surface area contributed by atoms with Gasteiger partial charge in [0.1, 0.15) is 18.2 Å². The largest absolute Gasteiger partial charge is 0.455 e. The molecule has 2 rings (SSSR count). The van der Waals surface area contributed by atoms with Gasteiger partial charge in [-0.05, 0) is 37.5 Å². The Balaban J connectivity index is 1.70. The SMILES string of the molecule is CCCCCCCCCCCc1ccc(OC(CC)OC(=O)C(C)C[N+](C)(C)Cc2ccccc2)cc1. The predicted octanol–water partition coefficient (Wildman–Crippen LogP) is 8.33. The lowest BCUT2D eigenvalue weighted by Crippen LogP contribution is -2.44. The molecule has 0 aliphatic carbocycles. The third-order valence-corrected chi connectivity index (χ3v) is 6.96. The van der Waals surface area contributed by atoms with Gasteiger partial charge in [-0.25, -0.2) is 0 Å². The first kappa shape index (κ1) is 30.9. The molecule has 0 aromatic heterocycles. The van der Waals surface area contributed by atoms with Crippen molar-refractivity contribution < 1.29 is 18.8 Å². The Hall–Kier alpha value is -2.33. The van der Waals surface area contributed by atoms with E-state index in [0.29, 0.717) is 13.0 Å². The zero-order chi connectivity index (χ0) is 26.9. The van der Waals surface area contributed by atoms with Gasteiger partial charge in [0, 0.05) is 12.0 Å². The Labute approximate surface area is 227 Å². The zero-order valence-corrected chi connectivity index (χ0v) is 24.2. The number of benzene rings is 2. The second kappa shape index (κ2) is 17.2. The standard InChI is InChI=1S/C33H52NO3/c1-6-8-9-10-11-12-13-14-16-19-29-22-24-31(25-23-29)36-32(7-2)37-33(35)28(3)26-34(4,5)27-30-20-17-15-18-21-30/h15,17-18,20-25,28,32H,6-14,16,19,26-27H2,1-5H3/q+1. The smallest absolute Gasteiger partial charge is 0.317 e. The molecule has 0 bridgehead atoms. The van der Waals surface area contributed by atoms with Crippen LogP contribution in [-0.2, 0) is 22.5 Å². The van der Waals surface area contributed by atoms with Crippen molar-refractivity contribution in [3.63, 3.8) is 0 Å². The first-order valence-electron chi connectivity index (χ1n) is 14.6. The summed E-state index contributed by atoms with van der Waals surface area (Å²) in [5, 5.41) is 0. The molecule has 37 heavy (non-hydrogen) atoms. The van der Waals surface area contributed by atoms with Gasteiger partial charge in [0.15, 0.2) is 0 Å². The molecule has 0 spiro atoms. The van der Waals surface area contributed by atoms with Gasteiger partial charge in [0.05, 0.1) is 20.6 Å². The molecule has 0 radical (unpaired) electrons. The average molecular weight is 511 g/mol. The van der Waals surface area contributed by atoms with Crippen LogP contribution in [0, 0.1) is 5.92 Å². The summed E-state index contributed by atoms with van der Waals surface area (Å²) in [5.41, 5.74) is 2.61. The van der Waals surface area contributed by atoms with Crippen molar-refractivity contribution in [1.29, 1.82) is 0 Å². The van der Waals surface area contributed by atoms with Crippen LogP contribution in [0.4, 0.5) is 0 Å². The number of ether oxygens (including phenoxy) is 2.